The van der Waals surface area contributed by atoms with Gasteiger partial charge in [-0.1, -0.05) is 152 Å². The van der Waals surface area contributed by atoms with Crippen LogP contribution in [0.15, 0.2) is 192 Å². The van der Waals surface area contributed by atoms with E-state index in [4.69, 9.17) is 19.4 Å². The number of benzene rings is 9. The second-order valence-electron chi connectivity index (χ2n) is 14.0. The van der Waals surface area contributed by atoms with E-state index in [-0.39, 0.29) is 0 Å². The van der Waals surface area contributed by atoms with Crippen LogP contribution in [-0.4, -0.2) is 15.0 Å². The average Bonchev–Trinajstić information content (AvgIpc) is 3.64. The maximum absolute atomic E-state index is 6.65. The van der Waals surface area contributed by atoms with Crippen molar-refractivity contribution in [2.45, 2.75) is 0 Å². The molecule has 2 heterocycles. The number of hydrogen-bond donors (Lipinski definition) is 0. The zero-order valence-corrected chi connectivity index (χ0v) is 29.6. The smallest absolute Gasteiger partial charge is 0.164 e. The molecule has 0 atom stereocenters. The average molecular weight is 702 g/mol. The highest BCUT2D eigenvalue weighted by molar-refractivity contribution is 6.17. The minimum absolute atomic E-state index is 0.585. The number of furan rings is 1. The highest BCUT2D eigenvalue weighted by Crippen LogP contribution is 2.42. The van der Waals surface area contributed by atoms with E-state index in [1.165, 1.54) is 26.9 Å². The Labute approximate surface area is 317 Å². The van der Waals surface area contributed by atoms with Crippen LogP contribution < -0.4 is 0 Å². The first-order valence-corrected chi connectivity index (χ1v) is 18.5. The Morgan fingerprint density at radius 3 is 1.75 bits per heavy atom. The van der Waals surface area contributed by atoms with Crippen LogP contribution in [0, 0.1) is 0 Å². The lowest BCUT2D eigenvalue weighted by Crippen LogP contribution is -2.01. The summed E-state index contributed by atoms with van der Waals surface area (Å²) in [5.74, 6) is 1.80. The van der Waals surface area contributed by atoms with Crippen LogP contribution in [0.1, 0.15) is 0 Å². The third kappa shape index (κ3) is 5.34. The fourth-order valence-corrected chi connectivity index (χ4v) is 8.03. The minimum atomic E-state index is 0.585. The Morgan fingerprint density at radius 1 is 0.291 bits per heavy atom. The van der Waals surface area contributed by atoms with Gasteiger partial charge >= 0.3 is 0 Å². The van der Waals surface area contributed by atoms with Crippen LogP contribution in [-0.2, 0) is 0 Å². The fourth-order valence-electron chi connectivity index (χ4n) is 8.03. The zero-order valence-electron chi connectivity index (χ0n) is 29.6. The van der Waals surface area contributed by atoms with E-state index in [0.29, 0.717) is 17.5 Å². The normalized spacial score (nSPS) is 11.6. The van der Waals surface area contributed by atoms with Gasteiger partial charge in [-0.05, 0) is 91.0 Å². The molecule has 11 rings (SSSR count). The third-order valence-electron chi connectivity index (χ3n) is 10.7. The first-order chi connectivity index (χ1) is 27.2. The molecule has 0 aliphatic rings. The highest BCUT2D eigenvalue weighted by Gasteiger charge is 2.21. The molecular formula is C51H31N3O. The minimum Gasteiger partial charge on any atom is -0.456 e. The molecule has 2 aromatic heterocycles. The van der Waals surface area contributed by atoms with Crippen molar-refractivity contribution < 1.29 is 4.42 Å². The zero-order chi connectivity index (χ0) is 36.3. The standard InChI is InChI=1S/C51H31N3O/c1-2-13-32(14-3-1)35-18-12-19-37(27-35)49-52-50(38-26-25-33-15-4-5-16-34(33)28-38)54-51(53-49)45-30-39(31-47-48(45)43-23-10-11-24-46(43)55-47)44-29-36-17-6-7-20-40(36)41-21-8-9-22-42(41)44/h1-31H. The Kier molecular flexibility index (Phi) is 7.14. The van der Waals surface area contributed by atoms with Crippen LogP contribution in [0.2, 0.25) is 0 Å². The predicted molar refractivity (Wildman–Crippen MR) is 227 cm³/mol. The SMILES string of the molecule is c1ccc(-c2cccc(-c3nc(-c4ccc5ccccc5c4)nc(-c4cc(-c5cc6ccccc6c6ccccc56)cc5oc6ccccc6c45)n3)c2)cc1. The summed E-state index contributed by atoms with van der Waals surface area (Å²) in [6.45, 7) is 0. The Hall–Kier alpha value is -7.43. The number of fused-ring (bicyclic) bond motifs is 7. The van der Waals surface area contributed by atoms with Gasteiger partial charge in [0.2, 0.25) is 0 Å². The molecule has 11 aromatic rings. The summed E-state index contributed by atoms with van der Waals surface area (Å²) in [5, 5.41) is 9.08. The molecule has 256 valence electrons. The van der Waals surface area contributed by atoms with Gasteiger partial charge in [0.1, 0.15) is 11.2 Å². The molecule has 0 fully saturated rings. The van der Waals surface area contributed by atoms with Gasteiger partial charge in [-0.15, -0.1) is 0 Å². The topological polar surface area (TPSA) is 51.8 Å². The van der Waals surface area contributed by atoms with Gasteiger partial charge in [0.25, 0.3) is 0 Å². The van der Waals surface area contributed by atoms with E-state index in [1.54, 1.807) is 0 Å². The lowest BCUT2D eigenvalue weighted by Gasteiger charge is -2.14. The van der Waals surface area contributed by atoms with E-state index >= 15 is 0 Å². The van der Waals surface area contributed by atoms with Crippen LogP contribution in [0.5, 0.6) is 0 Å². The number of hydrogen-bond acceptors (Lipinski definition) is 4. The Balaban J connectivity index is 1.20. The first kappa shape index (κ1) is 31.1. The number of para-hydroxylation sites is 1. The van der Waals surface area contributed by atoms with Gasteiger partial charge in [-0.3, -0.25) is 0 Å². The molecule has 0 bridgehead atoms. The molecule has 0 N–H and O–H groups in total. The molecule has 0 aliphatic heterocycles. The summed E-state index contributed by atoms with van der Waals surface area (Å²) in [5.41, 5.74) is 8.71. The van der Waals surface area contributed by atoms with Crippen molar-refractivity contribution in [2.75, 3.05) is 0 Å². The summed E-state index contributed by atoms with van der Waals surface area (Å²) in [7, 11) is 0. The fraction of sp³-hybridized carbons (Fsp3) is 0. The quantitative estimate of drug-likeness (QED) is 0.168. The van der Waals surface area contributed by atoms with Crippen molar-refractivity contribution in [3.8, 4) is 56.4 Å². The van der Waals surface area contributed by atoms with Gasteiger partial charge in [-0.25, -0.2) is 15.0 Å². The van der Waals surface area contributed by atoms with Crippen molar-refractivity contribution >= 4 is 54.3 Å². The second kappa shape index (κ2) is 12.6. The molecule has 0 spiro atoms. The summed E-state index contributed by atoms with van der Waals surface area (Å²) >= 11 is 0. The van der Waals surface area contributed by atoms with Crippen molar-refractivity contribution in [1.29, 1.82) is 0 Å². The second-order valence-corrected chi connectivity index (χ2v) is 14.0. The van der Waals surface area contributed by atoms with Gasteiger partial charge in [0.05, 0.1) is 0 Å². The largest absolute Gasteiger partial charge is 0.456 e. The van der Waals surface area contributed by atoms with Crippen LogP contribution >= 0.6 is 0 Å². The monoisotopic (exact) mass is 701 g/mol. The van der Waals surface area contributed by atoms with E-state index in [9.17, 15) is 0 Å². The molecule has 0 amide bonds. The highest BCUT2D eigenvalue weighted by atomic mass is 16.3. The predicted octanol–water partition coefficient (Wildman–Crippen LogP) is 13.6. The van der Waals surface area contributed by atoms with Crippen molar-refractivity contribution in [2.24, 2.45) is 0 Å². The summed E-state index contributed by atoms with van der Waals surface area (Å²) in [6.07, 6.45) is 0. The first-order valence-electron chi connectivity index (χ1n) is 18.5. The Bertz CT molecular complexity index is 3270. The van der Waals surface area contributed by atoms with Gasteiger partial charge < -0.3 is 4.42 Å². The lowest BCUT2D eigenvalue weighted by molar-refractivity contribution is 0.669. The number of nitrogens with zero attached hydrogens (tertiary/aromatic N) is 3. The van der Waals surface area contributed by atoms with Gasteiger partial charge in [-0.2, -0.15) is 0 Å². The van der Waals surface area contributed by atoms with E-state index < -0.39 is 0 Å². The van der Waals surface area contributed by atoms with Crippen LogP contribution in [0.4, 0.5) is 0 Å². The molecular weight excluding hydrogens is 671 g/mol. The summed E-state index contributed by atoms with van der Waals surface area (Å²) in [4.78, 5) is 15.8. The van der Waals surface area contributed by atoms with Gasteiger partial charge in [0.15, 0.2) is 17.5 Å². The molecule has 0 radical (unpaired) electrons. The molecule has 0 saturated carbocycles. The van der Waals surface area contributed by atoms with Crippen molar-refractivity contribution in [3.63, 3.8) is 0 Å². The van der Waals surface area contributed by atoms with Crippen molar-refractivity contribution in [3.05, 3.63) is 188 Å². The lowest BCUT2D eigenvalue weighted by atomic mass is 9.91. The van der Waals surface area contributed by atoms with E-state index in [2.05, 4.69) is 170 Å². The maximum Gasteiger partial charge on any atom is 0.164 e. The number of aromatic nitrogens is 3. The van der Waals surface area contributed by atoms with Crippen molar-refractivity contribution in [1.82, 2.24) is 15.0 Å². The molecule has 4 nitrogen and oxygen atoms in total. The van der Waals surface area contributed by atoms with E-state index in [1.807, 2.05) is 18.2 Å². The molecule has 0 aliphatic carbocycles. The van der Waals surface area contributed by atoms with Crippen LogP contribution in [0.3, 0.4) is 0 Å². The molecule has 55 heavy (non-hydrogen) atoms. The summed E-state index contributed by atoms with van der Waals surface area (Å²) < 4.78 is 6.65. The number of rotatable bonds is 5. The van der Waals surface area contributed by atoms with Gasteiger partial charge in [0, 0.05) is 27.5 Å². The van der Waals surface area contributed by atoms with E-state index in [0.717, 1.165) is 66.3 Å². The molecule has 9 aromatic carbocycles. The maximum atomic E-state index is 6.65. The molecule has 4 heteroatoms. The van der Waals surface area contributed by atoms with Crippen LogP contribution in [0.25, 0.3) is 111 Å². The molecule has 0 saturated heterocycles. The summed E-state index contributed by atoms with van der Waals surface area (Å²) in [6, 6.07) is 65.8. The third-order valence-corrected chi connectivity index (χ3v) is 10.7. The molecule has 0 unspecified atom stereocenters. The Morgan fingerprint density at radius 2 is 0.909 bits per heavy atom.